The van der Waals surface area contributed by atoms with Gasteiger partial charge >= 0.3 is 0 Å². The molecule has 0 aromatic rings. The molecule has 0 unspecified atom stereocenters. The number of aliphatic hydroxyl groups excluding tert-OH is 1. The molecular weight excluding hydrogens is 114 g/mol. The van der Waals surface area contributed by atoms with Gasteiger partial charge in [-0.2, -0.15) is 0 Å². The molecule has 0 aromatic heterocycles. The van der Waals surface area contributed by atoms with E-state index in [2.05, 4.69) is 6.92 Å². The van der Waals surface area contributed by atoms with Gasteiger partial charge in [0.15, 0.2) is 6.73 Å². The number of nitrogens with zero attached hydrogens (tertiary/aromatic N) is 1. The van der Waals surface area contributed by atoms with Crippen LogP contribution in [0.15, 0.2) is 0 Å². The zero-order chi connectivity index (χ0) is 7.33. The molecule has 0 spiro atoms. The van der Waals surface area contributed by atoms with E-state index >= 15 is 0 Å². The molecule has 1 N–H and O–H groups in total. The maximum Gasteiger partial charge on any atom is 0.179 e. The minimum atomic E-state index is 0.250. The molecule has 9 heavy (non-hydrogen) atoms. The van der Waals surface area contributed by atoms with Crippen molar-refractivity contribution in [1.29, 1.82) is 0 Å². The van der Waals surface area contributed by atoms with Crippen molar-refractivity contribution < 1.29 is 9.59 Å². The summed E-state index contributed by atoms with van der Waals surface area (Å²) in [6.07, 6.45) is 2.41. The number of hydrogen-bond donors (Lipinski definition) is 1. The fourth-order valence-electron chi connectivity index (χ4n) is 0.657. The summed E-state index contributed by atoms with van der Waals surface area (Å²) < 4.78 is 0.730. The Kier molecular flexibility index (Phi) is 3.82. The molecule has 0 fully saturated rings. The number of quaternary nitrogens is 1. The summed E-state index contributed by atoms with van der Waals surface area (Å²) in [5, 5.41) is 8.79. The number of rotatable bonds is 4. The summed E-state index contributed by atoms with van der Waals surface area (Å²) >= 11 is 0. The Bertz CT molecular complexity index is 71.3. The molecule has 56 valence electrons. The zero-order valence-electron chi connectivity index (χ0n) is 6.72. The van der Waals surface area contributed by atoms with Crippen LogP contribution in [0.5, 0.6) is 0 Å². The molecule has 0 aromatic carbocycles. The molecule has 0 bridgehead atoms. The van der Waals surface area contributed by atoms with Gasteiger partial charge in [0, 0.05) is 0 Å². The maximum absolute atomic E-state index is 8.79. The molecule has 0 saturated heterocycles. The van der Waals surface area contributed by atoms with Crippen LogP contribution in [0.3, 0.4) is 0 Å². The smallest absolute Gasteiger partial charge is 0.179 e. The number of unbranched alkanes of at least 4 members (excludes halogenated alkanes) is 1. The third kappa shape index (κ3) is 4.43. The third-order valence-corrected chi connectivity index (χ3v) is 1.50. The van der Waals surface area contributed by atoms with Crippen LogP contribution in [0.25, 0.3) is 0 Å². The lowest BCUT2D eigenvalue weighted by Gasteiger charge is -2.26. The second-order valence-corrected chi connectivity index (χ2v) is 3.15. The van der Waals surface area contributed by atoms with Gasteiger partial charge in [0.05, 0.1) is 20.6 Å². The molecule has 0 aliphatic heterocycles. The highest BCUT2D eigenvalue weighted by molar-refractivity contribution is 4.30. The highest BCUT2D eigenvalue weighted by atomic mass is 16.3. The quantitative estimate of drug-likeness (QED) is 0.443. The van der Waals surface area contributed by atoms with E-state index in [0.29, 0.717) is 0 Å². The molecule has 0 aliphatic rings. The Morgan fingerprint density at radius 3 is 2.22 bits per heavy atom. The summed E-state index contributed by atoms with van der Waals surface area (Å²) in [6, 6.07) is 0. The van der Waals surface area contributed by atoms with E-state index in [-0.39, 0.29) is 6.73 Å². The van der Waals surface area contributed by atoms with Crippen molar-refractivity contribution in [2.45, 2.75) is 19.8 Å². The molecule has 0 rings (SSSR count). The molecule has 0 heterocycles. The van der Waals surface area contributed by atoms with Gasteiger partial charge in [-0.3, -0.25) is 0 Å². The molecule has 0 atom stereocenters. The molecule has 0 aliphatic carbocycles. The van der Waals surface area contributed by atoms with E-state index in [1.807, 2.05) is 14.1 Å². The highest BCUT2D eigenvalue weighted by Crippen LogP contribution is 1.98. The summed E-state index contributed by atoms with van der Waals surface area (Å²) in [7, 11) is 4.07. The lowest BCUT2D eigenvalue weighted by molar-refractivity contribution is -0.908. The fraction of sp³-hybridized carbons (Fsp3) is 1.00. The van der Waals surface area contributed by atoms with Crippen molar-refractivity contribution in [2.75, 3.05) is 27.4 Å². The van der Waals surface area contributed by atoms with Crippen molar-refractivity contribution in [1.82, 2.24) is 0 Å². The van der Waals surface area contributed by atoms with E-state index < -0.39 is 0 Å². The van der Waals surface area contributed by atoms with Gasteiger partial charge in [0.1, 0.15) is 0 Å². The third-order valence-electron chi connectivity index (χ3n) is 1.50. The van der Waals surface area contributed by atoms with Crippen LogP contribution in [0.4, 0.5) is 0 Å². The van der Waals surface area contributed by atoms with Gasteiger partial charge in [-0.1, -0.05) is 13.3 Å². The predicted octanol–water partition coefficient (Wildman–Crippen LogP) is 0.813. The molecule has 2 nitrogen and oxygen atoms in total. The standard InChI is InChI=1S/C7H18NO/c1-4-5-6-8(2,3)7-9/h9H,4-7H2,1-3H3/q+1. The topological polar surface area (TPSA) is 20.2 Å². The van der Waals surface area contributed by atoms with Crippen molar-refractivity contribution in [3.05, 3.63) is 0 Å². The van der Waals surface area contributed by atoms with E-state index in [4.69, 9.17) is 5.11 Å². The van der Waals surface area contributed by atoms with Crippen LogP contribution in [0.2, 0.25) is 0 Å². The van der Waals surface area contributed by atoms with Crippen molar-refractivity contribution in [3.8, 4) is 0 Å². The summed E-state index contributed by atoms with van der Waals surface area (Å²) in [5.74, 6) is 0. The minimum absolute atomic E-state index is 0.250. The van der Waals surface area contributed by atoms with Crippen molar-refractivity contribution in [2.24, 2.45) is 0 Å². The van der Waals surface area contributed by atoms with Crippen LogP contribution < -0.4 is 0 Å². The lowest BCUT2D eigenvalue weighted by atomic mass is 10.3. The first-order valence-corrected chi connectivity index (χ1v) is 3.55. The molecule has 0 amide bonds. The average molecular weight is 132 g/mol. The molecule has 0 saturated carbocycles. The Hall–Kier alpha value is -0.0800. The van der Waals surface area contributed by atoms with Crippen molar-refractivity contribution >= 4 is 0 Å². The summed E-state index contributed by atoms with van der Waals surface area (Å²) in [6.45, 7) is 3.49. The number of aliphatic hydroxyl groups is 1. The van der Waals surface area contributed by atoms with Gasteiger partial charge in [0.25, 0.3) is 0 Å². The SMILES string of the molecule is CCCC[N+](C)(C)CO. The zero-order valence-corrected chi connectivity index (χ0v) is 6.72. The number of hydrogen-bond acceptors (Lipinski definition) is 1. The van der Waals surface area contributed by atoms with Gasteiger partial charge in [0.2, 0.25) is 0 Å². The Labute approximate surface area is 57.7 Å². The van der Waals surface area contributed by atoms with Crippen LogP contribution in [-0.4, -0.2) is 37.0 Å². The van der Waals surface area contributed by atoms with E-state index in [1.165, 1.54) is 12.8 Å². The van der Waals surface area contributed by atoms with E-state index in [9.17, 15) is 0 Å². The molecule has 2 heteroatoms. The second kappa shape index (κ2) is 3.85. The van der Waals surface area contributed by atoms with Crippen LogP contribution in [0, 0.1) is 0 Å². The first kappa shape index (κ1) is 8.92. The Morgan fingerprint density at radius 1 is 1.33 bits per heavy atom. The maximum atomic E-state index is 8.79. The van der Waals surface area contributed by atoms with Crippen LogP contribution in [-0.2, 0) is 0 Å². The highest BCUT2D eigenvalue weighted by Gasteiger charge is 2.10. The van der Waals surface area contributed by atoms with E-state index in [1.54, 1.807) is 0 Å². The minimum Gasteiger partial charge on any atom is -0.347 e. The first-order valence-electron chi connectivity index (χ1n) is 3.55. The average Bonchev–Trinajstić information content (AvgIpc) is 1.84. The first-order chi connectivity index (χ1) is 4.12. The molecular formula is C7H18NO+. The normalized spacial score (nSPS) is 12.0. The second-order valence-electron chi connectivity index (χ2n) is 3.15. The van der Waals surface area contributed by atoms with Crippen molar-refractivity contribution in [3.63, 3.8) is 0 Å². The van der Waals surface area contributed by atoms with Gasteiger partial charge < -0.3 is 9.59 Å². The largest absolute Gasteiger partial charge is 0.347 e. The molecule has 0 radical (unpaired) electrons. The fourth-order valence-corrected chi connectivity index (χ4v) is 0.657. The monoisotopic (exact) mass is 132 g/mol. The Balaban J connectivity index is 3.33. The lowest BCUT2D eigenvalue weighted by Crippen LogP contribution is -2.40. The predicted molar refractivity (Wildman–Crippen MR) is 39.0 cm³/mol. The summed E-state index contributed by atoms with van der Waals surface area (Å²) in [4.78, 5) is 0. The van der Waals surface area contributed by atoms with Gasteiger partial charge in [-0.15, -0.1) is 0 Å². The van der Waals surface area contributed by atoms with Gasteiger partial charge in [-0.25, -0.2) is 0 Å². The van der Waals surface area contributed by atoms with E-state index in [0.717, 1.165) is 11.0 Å². The van der Waals surface area contributed by atoms with Crippen LogP contribution >= 0.6 is 0 Å². The van der Waals surface area contributed by atoms with Gasteiger partial charge in [-0.05, 0) is 6.42 Å². The summed E-state index contributed by atoms with van der Waals surface area (Å²) in [5.41, 5.74) is 0. The van der Waals surface area contributed by atoms with Crippen LogP contribution in [0.1, 0.15) is 19.8 Å². The Morgan fingerprint density at radius 2 is 1.89 bits per heavy atom.